The molecule has 2 aromatic rings. The summed E-state index contributed by atoms with van der Waals surface area (Å²) in [4.78, 5) is 27.9. The zero-order chi connectivity index (χ0) is 20.8. The summed E-state index contributed by atoms with van der Waals surface area (Å²) in [7, 11) is 0. The normalized spacial score (nSPS) is 22.2. The van der Waals surface area contributed by atoms with E-state index in [1.54, 1.807) is 21.9 Å². The van der Waals surface area contributed by atoms with Crippen LogP contribution in [0.3, 0.4) is 0 Å². The van der Waals surface area contributed by atoms with Crippen LogP contribution in [0.1, 0.15) is 31.7 Å². The van der Waals surface area contributed by atoms with Crippen LogP contribution in [0, 0.1) is 5.82 Å². The minimum atomic E-state index is -0.443. The summed E-state index contributed by atoms with van der Waals surface area (Å²) >= 11 is 0. The molecule has 2 aromatic carbocycles. The average Bonchev–Trinajstić information content (AvgIpc) is 2.67. The average molecular weight is 396 g/mol. The van der Waals surface area contributed by atoms with Crippen molar-refractivity contribution < 1.29 is 19.1 Å². The number of carbonyl (C=O) groups is 2. The van der Waals surface area contributed by atoms with Gasteiger partial charge in [-0.2, -0.15) is 0 Å². The summed E-state index contributed by atoms with van der Waals surface area (Å²) in [5, 5.41) is 9.96. The van der Waals surface area contributed by atoms with E-state index in [-0.39, 0.29) is 36.2 Å². The van der Waals surface area contributed by atoms with E-state index < -0.39 is 5.54 Å². The lowest BCUT2D eigenvalue weighted by molar-refractivity contribution is -0.201. The Morgan fingerprint density at radius 1 is 1.07 bits per heavy atom. The molecule has 6 heteroatoms. The highest BCUT2D eigenvalue weighted by Crippen LogP contribution is 2.54. The van der Waals surface area contributed by atoms with Gasteiger partial charge >= 0.3 is 0 Å². The fourth-order valence-corrected chi connectivity index (χ4v) is 5.06. The summed E-state index contributed by atoms with van der Waals surface area (Å²) in [5.41, 5.74) is 2.49. The molecule has 0 unspecified atom stereocenters. The number of carbonyl (C=O) groups excluding carboxylic acids is 2. The number of amides is 2. The number of rotatable bonds is 4. The molecule has 152 valence electrons. The molecule has 5 nitrogen and oxygen atoms in total. The first-order valence-electron chi connectivity index (χ1n) is 9.95. The number of aliphatic hydroxyl groups is 1. The van der Waals surface area contributed by atoms with Crippen LogP contribution in [-0.4, -0.2) is 58.0 Å². The van der Waals surface area contributed by atoms with Crippen LogP contribution in [0.25, 0.3) is 11.1 Å². The SMILES string of the molecule is CCC(=O)N1CC2(C1)[C@@H](c1ccc(-c3ccc(F)cc3)cc1)[C@@H](CO)N2C(C)=O. The second kappa shape index (κ2) is 7.26. The van der Waals surface area contributed by atoms with Gasteiger partial charge in [0.1, 0.15) is 5.82 Å². The van der Waals surface area contributed by atoms with Gasteiger partial charge in [0.2, 0.25) is 11.8 Å². The van der Waals surface area contributed by atoms with Crippen LogP contribution in [0.15, 0.2) is 48.5 Å². The van der Waals surface area contributed by atoms with Crippen LogP contribution in [0.2, 0.25) is 0 Å². The van der Waals surface area contributed by atoms with Gasteiger partial charge in [0, 0.05) is 32.4 Å². The molecular formula is C23H25FN2O3. The maximum Gasteiger partial charge on any atom is 0.222 e. The third-order valence-electron chi connectivity index (χ3n) is 6.33. The summed E-state index contributed by atoms with van der Waals surface area (Å²) in [6, 6.07) is 14.0. The van der Waals surface area contributed by atoms with Gasteiger partial charge in [0.15, 0.2) is 0 Å². The Morgan fingerprint density at radius 3 is 2.10 bits per heavy atom. The molecule has 0 saturated carbocycles. The van der Waals surface area contributed by atoms with Crippen LogP contribution in [0.5, 0.6) is 0 Å². The zero-order valence-corrected chi connectivity index (χ0v) is 16.6. The van der Waals surface area contributed by atoms with Gasteiger partial charge in [-0.25, -0.2) is 4.39 Å². The van der Waals surface area contributed by atoms with Gasteiger partial charge in [-0.05, 0) is 28.8 Å². The molecule has 0 aromatic heterocycles. The van der Waals surface area contributed by atoms with E-state index in [0.29, 0.717) is 19.5 Å². The van der Waals surface area contributed by atoms with Crippen LogP contribution >= 0.6 is 0 Å². The minimum Gasteiger partial charge on any atom is -0.394 e. The van der Waals surface area contributed by atoms with E-state index >= 15 is 0 Å². The first-order valence-corrected chi connectivity index (χ1v) is 9.95. The molecule has 1 N–H and O–H groups in total. The number of nitrogens with zero attached hydrogens (tertiary/aromatic N) is 2. The highest BCUT2D eigenvalue weighted by Gasteiger charge is 2.67. The number of halogens is 1. The van der Waals surface area contributed by atoms with Crippen molar-refractivity contribution in [2.75, 3.05) is 19.7 Å². The zero-order valence-electron chi connectivity index (χ0n) is 16.6. The van der Waals surface area contributed by atoms with Crippen LogP contribution in [0.4, 0.5) is 4.39 Å². The first kappa shape index (κ1) is 19.6. The third-order valence-corrected chi connectivity index (χ3v) is 6.33. The number of likely N-dealkylation sites (tertiary alicyclic amines) is 2. The molecule has 0 radical (unpaired) electrons. The van der Waals surface area contributed by atoms with Crippen molar-refractivity contribution in [2.45, 2.75) is 37.8 Å². The number of benzene rings is 2. The van der Waals surface area contributed by atoms with Gasteiger partial charge in [0.05, 0.1) is 18.2 Å². The maximum absolute atomic E-state index is 13.2. The van der Waals surface area contributed by atoms with Crippen molar-refractivity contribution in [3.8, 4) is 11.1 Å². The smallest absolute Gasteiger partial charge is 0.222 e. The first-order chi connectivity index (χ1) is 13.9. The van der Waals surface area contributed by atoms with Crippen LogP contribution < -0.4 is 0 Å². The van der Waals surface area contributed by atoms with E-state index in [1.165, 1.54) is 19.1 Å². The molecule has 29 heavy (non-hydrogen) atoms. The predicted octanol–water partition coefficient (Wildman–Crippen LogP) is 2.79. The highest BCUT2D eigenvalue weighted by molar-refractivity contribution is 5.81. The van der Waals surface area contributed by atoms with E-state index in [1.807, 2.05) is 31.2 Å². The molecule has 2 atom stereocenters. The molecule has 2 aliphatic heterocycles. The van der Waals surface area contributed by atoms with E-state index in [4.69, 9.17) is 0 Å². The fraction of sp³-hybridized carbons (Fsp3) is 0.391. The number of hydrogen-bond acceptors (Lipinski definition) is 3. The summed E-state index contributed by atoms with van der Waals surface area (Å²) in [5.74, 6) is -0.295. The molecule has 2 fully saturated rings. The van der Waals surface area contributed by atoms with Crippen molar-refractivity contribution in [2.24, 2.45) is 0 Å². The predicted molar refractivity (Wildman–Crippen MR) is 108 cm³/mol. The molecule has 2 aliphatic rings. The van der Waals surface area contributed by atoms with E-state index in [9.17, 15) is 19.1 Å². The molecule has 4 rings (SSSR count). The molecule has 1 spiro atoms. The molecular weight excluding hydrogens is 371 g/mol. The second-order valence-electron chi connectivity index (χ2n) is 7.95. The van der Waals surface area contributed by atoms with Crippen molar-refractivity contribution in [3.63, 3.8) is 0 Å². The standard InChI is InChI=1S/C23H25FN2O3/c1-3-21(29)25-13-23(14-25)22(20(12-27)26(23)15(2)28)18-6-4-16(5-7-18)17-8-10-19(24)11-9-17/h4-11,20,22,27H,3,12-14H2,1-2H3/t20-,22+/m1/s1. The Bertz CT molecular complexity index is 920. The Kier molecular flexibility index (Phi) is 4.90. The van der Waals surface area contributed by atoms with Crippen molar-refractivity contribution in [1.29, 1.82) is 0 Å². The maximum atomic E-state index is 13.2. The minimum absolute atomic E-state index is 0.0282. The van der Waals surface area contributed by atoms with Gasteiger partial charge in [-0.3, -0.25) is 9.59 Å². The Balaban J connectivity index is 1.62. The molecule has 0 bridgehead atoms. The lowest BCUT2D eigenvalue weighted by Gasteiger charge is -2.70. The Hall–Kier alpha value is -2.73. The van der Waals surface area contributed by atoms with Gasteiger partial charge < -0.3 is 14.9 Å². The van der Waals surface area contributed by atoms with Gasteiger partial charge in [-0.1, -0.05) is 43.3 Å². The van der Waals surface area contributed by atoms with Crippen molar-refractivity contribution in [1.82, 2.24) is 9.80 Å². The van der Waals surface area contributed by atoms with Gasteiger partial charge in [0.25, 0.3) is 0 Å². The fourth-order valence-electron chi connectivity index (χ4n) is 5.06. The Labute approximate surface area is 169 Å². The summed E-state index contributed by atoms with van der Waals surface area (Å²) in [6.07, 6.45) is 0.441. The molecule has 2 heterocycles. The number of hydrogen-bond donors (Lipinski definition) is 1. The highest BCUT2D eigenvalue weighted by atomic mass is 19.1. The topological polar surface area (TPSA) is 60.9 Å². The summed E-state index contributed by atoms with van der Waals surface area (Å²) in [6.45, 7) is 4.23. The quantitative estimate of drug-likeness (QED) is 0.865. The van der Waals surface area contributed by atoms with E-state index in [0.717, 1.165) is 16.7 Å². The molecule has 2 amide bonds. The lowest BCUT2D eigenvalue weighted by atomic mass is 9.60. The van der Waals surface area contributed by atoms with Crippen molar-refractivity contribution in [3.05, 3.63) is 59.9 Å². The largest absolute Gasteiger partial charge is 0.394 e. The lowest BCUT2D eigenvalue weighted by Crippen LogP contribution is -2.85. The summed E-state index contributed by atoms with van der Waals surface area (Å²) < 4.78 is 13.2. The number of aliphatic hydroxyl groups excluding tert-OH is 1. The second-order valence-corrected chi connectivity index (χ2v) is 7.95. The van der Waals surface area contributed by atoms with Crippen molar-refractivity contribution >= 4 is 11.8 Å². The van der Waals surface area contributed by atoms with E-state index in [2.05, 4.69) is 0 Å². The monoisotopic (exact) mass is 396 g/mol. The molecule has 0 aliphatic carbocycles. The Morgan fingerprint density at radius 2 is 1.62 bits per heavy atom. The van der Waals surface area contributed by atoms with Gasteiger partial charge in [-0.15, -0.1) is 0 Å². The third kappa shape index (κ3) is 3.02. The molecule has 2 saturated heterocycles. The van der Waals surface area contributed by atoms with Crippen LogP contribution in [-0.2, 0) is 9.59 Å².